The smallest absolute Gasteiger partial charge is 0.396 e. The number of halogens is 3. The first-order valence-corrected chi connectivity index (χ1v) is 7.43. The number of nitrogens with one attached hydrogen (secondary N) is 2. The minimum absolute atomic E-state index is 0.0597. The Labute approximate surface area is 134 Å². The molecule has 0 aromatic heterocycles. The van der Waals surface area contributed by atoms with E-state index in [1.54, 1.807) is 0 Å². The van der Waals surface area contributed by atoms with E-state index in [0.717, 1.165) is 17.7 Å². The zero-order valence-corrected chi connectivity index (χ0v) is 13.3. The number of urea groups is 1. The maximum Gasteiger partial charge on any atom is 0.416 e. The van der Waals surface area contributed by atoms with Crippen molar-refractivity contribution in [2.24, 2.45) is 5.41 Å². The second-order valence-corrected chi connectivity index (χ2v) is 6.19. The summed E-state index contributed by atoms with van der Waals surface area (Å²) in [5.41, 5.74) is -0.156. The van der Waals surface area contributed by atoms with Gasteiger partial charge in [-0.1, -0.05) is 26.0 Å². The highest BCUT2D eigenvalue weighted by atomic mass is 19.4. The third kappa shape index (κ3) is 7.36. The molecule has 0 aliphatic heterocycles. The first-order chi connectivity index (χ1) is 10.6. The highest BCUT2D eigenvalue weighted by Gasteiger charge is 2.29. The third-order valence-corrected chi connectivity index (χ3v) is 3.50. The van der Waals surface area contributed by atoms with Gasteiger partial charge in [0.05, 0.1) is 5.56 Å². The molecule has 0 saturated heterocycles. The Balaban J connectivity index is 2.32. The summed E-state index contributed by atoms with van der Waals surface area (Å²) >= 11 is 0. The van der Waals surface area contributed by atoms with Gasteiger partial charge in [-0.25, -0.2) is 4.79 Å². The molecule has 3 N–H and O–H groups in total. The molecule has 4 nitrogen and oxygen atoms in total. The predicted octanol–water partition coefficient (Wildman–Crippen LogP) is 2.96. The zero-order valence-electron chi connectivity index (χ0n) is 13.3. The topological polar surface area (TPSA) is 61.4 Å². The van der Waals surface area contributed by atoms with Crippen LogP contribution in [0.1, 0.15) is 31.4 Å². The van der Waals surface area contributed by atoms with Gasteiger partial charge in [-0.3, -0.25) is 0 Å². The average Bonchev–Trinajstić information content (AvgIpc) is 2.45. The van der Waals surface area contributed by atoms with E-state index in [0.29, 0.717) is 25.9 Å². The van der Waals surface area contributed by atoms with Crippen molar-refractivity contribution >= 4 is 6.03 Å². The van der Waals surface area contributed by atoms with Gasteiger partial charge in [-0.15, -0.1) is 0 Å². The van der Waals surface area contributed by atoms with Crippen molar-refractivity contribution in [3.05, 3.63) is 35.4 Å². The molecule has 0 saturated carbocycles. The number of hydrogen-bond donors (Lipinski definition) is 3. The number of benzene rings is 1. The fourth-order valence-electron chi connectivity index (χ4n) is 1.95. The molecule has 0 aliphatic carbocycles. The van der Waals surface area contributed by atoms with E-state index < -0.39 is 11.7 Å². The molecular weight excluding hydrogens is 309 g/mol. The number of hydrogen-bond acceptors (Lipinski definition) is 2. The summed E-state index contributed by atoms with van der Waals surface area (Å²) in [7, 11) is 0. The van der Waals surface area contributed by atoms with Gasteiger partial charge >= 0.3 is 12.2 Å². The predicted molar refractivity (Wildman–Crippen MR) is 82.0 cm³/mol. The molecule has 1 aromatic carbocycles. The van der Waals surface area contributed by atoms with Crippen LogP contribution in [0.5, 0.6) is 0 Å². The number of aliphatic hydroxyl groups is 1. The standard InChI is InChI=1S/C16H23F3N2O2/c1-15(2,8-10-22)11-21-14(23)20-9-7-12-3-5-13(6-4-12)16(17,18)19/h3-6,22H,7-11H2,1-2H3,(H2,20,21,23). The molecule has 0 aliphatic rings. The van der Waals surface area contributed by atoms with E-state index in [4.69, 9.17) is 5.11 Å². The number of rotatable bonds is 7. The molecule has 0 radical (unpaired) electrons. The first-order valence-electron chi connectivity index (χ1n) is 7.43. The van der Waals surface area contributed by atoms with Crippen molar-refractivity contribution in [3.63, 3.8) is 0 Å². The largest absolute Gasteiger partial charge is 0.416 e. The molecule has 1 aromatic rings. The maximum atomic E-state index is 12.4. The number of carbonyl (C=O) groups is 1. The SMILES string of the molecule is CC(C)(CCO)CNC(=O)NCCc1ccc(C(F)(F)F)cc1. The number of alkyl halides is 3. The summed E-state index contributed by atoms with van der Waals surface area (Å²) in [5, 5.41) is 14.3. The molecule has 0 atom stereocenters. The van der Waals surface area contributed by atoms with Gasteiger partial charge in [-0.2, -0.15) is 13.2 Å². The van der Waals surface area contributed by atoms with E-state index in [-0.39, 0.29) is 18.1 Å². The zero-order chi connectivity index (χ0) is 17.5. The highest BCUT2D eigenvalue weighted by Crippen LogP contribution is 2.29. The summed E-state index contributed by atoms with van der Waals surface area (Å²) < 4.78 is 37.3. The minimum atomic E-state index is -4.34. The Hall–Kier alpha value is -1.76. The summed E-state index contributed by atoms with van der Waals surface area (Å²) in [6, 6.07) is 4.56. The summed E-state index contributed by atoms with van der Waals surface area (Å²) in [5.74, 6) is 0. The lowest BCUT2D eigenvalue weighted by Gasteiger charge is -2.23. The monoisotopic (exact) mass is 332 g/mol. The molecule has 0 fully saturated rings. The summed E-state index contributed by atoms with van der Waals surface area (Å²) in [6.07, 6.45) is -3.30. The Morgan fingerprint density at radius 3 is 2.26 bits per heavy atom. The van der Waals surface area contributed by atoms with Crippen LogP contribution >= 0.6 is 0 Å². The molecule has 0 bridgehead atoms. The van der Waals surface area contributed by atoms with Crippen molar-refractivity contribution in [3.8, 4) is 0 Å². The fraction of sp³-hybridized carbons (Fsp3) is 0.562. The van der Waals surface area contributed by atoms with Gasteiger partial charge in [0.1, 0.15) is 0 Å². The van der Waals surface area contributed by atoms with Crippen LogP contribution in [0.15, 0.2) is 24.3 Å². The van der Waals surface area contributed by atoms with E-state index in [1.807, 2.05) is 13.8 Å². The highest BCUT2D eigenvalue weighted by molar-refractivity contribution is 5.73. The van der Waals surface area contributed by atoms with E-state index in [2.05, 4.69) is 10.6 Å². The van der Waals surface area contributed by atoms with Gasteiger partial charge in [-0.05, 0) is 36.0 Å². The van der Waals surface area contributed by atoms with Crippen LogP contribution in [0.25, 0.3) is 0 Å². The molecule has 1 rings (SSSR count). The molecule has 0 unspecified atom stereocenters. The van der Waals surface area contributed by atoms with Gasteiger partial charge in [0.15, 0.2) is 0 Å². The minimum Gasteiger partial charge on any atom is -0.396 e. The molecular formula is C16H23F3N2O2. The Bertz CT molecular complexity index is 499. The first kappa shape index (κ1) is 19.3. The Kier molecular flexibility index (Phi) is 6.87. The maximum absolute atomic E-state index is 12.4. The number of aliphatic hydroxyl groups excluding tert-OH is 1. The van der Waals surface area contributed by atoms with Crippen LogP contribution in [-0.4, -0.2) is 30.8 Å². The lowest BCUT2D eigenvalue weighted by molar-refractivity contribution is -0.137. The summed E-state index contributed by atoms with van der Waals surface area (Å²) in [4.78, 5) is 11.6. The van der Waals surface area contributed by atoms with Gasteiger partial charge in [0.2, 0.25) is 0 Å². The summed E-state index contributed by atoms with van der Waals surface area (Å²) in [6.45, 7) is 4.69. The molecule has 7 heteroatoms. The van der Waals surface area contributed by atoms with Crippen molar-refractivity contribution < 1.29 is 23.1 Å². The third-order valence-electron chi connectivity index (χ3n) is 3.50. The van der Waals surface area contributed by atoms with E-state index in [1.165, 1.54) is 12.1 Å². The van der Waals surface area contributed by atoms with Crippen LogP contribution in [0.2, 0.25) is 0 Å². The van der Waals surface area contributed by atoms with E-state index >= 15 is 0 Å². The normalized spacial score (nSPS) is 12.1. The Morgan fingerprint density at radius 2 is 1.74 bits per heavy atom. The molecule has 23 heavy (non-hydrogen) atoms. The van der Waals surface area contributed by atoms with Crippen LogP contribution < -0.4 is 10.6 Å². The fourth-order valence-corrected chi connectivity index (χ4v) is 1.95. The van der Waals surface area contributed by atoms with Crippen LogP contribution in [0.3, 0.4) is 0 Å². The second kappa shape index (κ2) is 8.19. The lowest BCUT2D eigenvalue weighted by Crippen LogP contribution is -2.41. The number of carbonyl (C=O) groups excluding carboxylic acids is 1. The second-order valence-electron chi connectivity index (χ2n) is 6.19. The van der Waals surface area contributed by atoms with Crippen molar-refractivity contribution in [2.75, 3.05) is 19.7 Å². The molecule has 0 heterocycles. The molecule has 0 spiro atoms. The van der Waals surface area contributed by atoms with Crippen LogP contribution in [0, 0.1) is 5.41 Å². The van der Waals surface area contributed by atoms with Gasteiger partial charge in [0, 0.05) is 19.7 Å². The van der Waals surface area contributed by atoms with Crippen molar-refractivity contribution in [1.82, 2.24) is 10.6 Å². The van der Waals surface area contributed by atoms with Crippen molar-refractivity contribution in [1.29, 1.82) is 0 Å². The Morgan fingerprint density at radius 1 is 1.13 bits per heavy atom. The van der Waals surface area contributed by atoms with Gasteiger partial charge in [0.25, 0.3) is 0 Å². The lowest BCUT2D eigenvalue weighted by atomic mass is 9.90. The van der Waals surface area contributed by atoms with Crippen LogP contribution in [0.4, 0.5) is 18.0 Å². The van der Waals surface area contributed by atoms with E-state index in [9.17, 15) is 18.0 Å². The van der Waals surface area contributed by atoms with Crippen molar-refractivity contribution in [2.45, 2.75) is 32.9 Å². The average molecular weight is 332 g/mol. The molecule has 130 valence electrons. The number of amides is 2. The molecule has 2 amide bonds. The quantitative estimate of drug-likeness (QED) is 0.719. The van der Waals surface area contributed by atoms with Crippen LogP contribution in [-0.2, 0) is 12.6 Å². The van der Waals surface area contributed by atoms with Gasteiger partial charge < -0.3 is 15.7 Å².